The first-order valence-corrected chi connectivity index (χ1v) is 7.78. The number of rotatable bonds is 4. The molecule has 0 aliphatic heterocycles. The van der Waals surface area contributed by atoms with E-state index in [1.165, 1.54) is 29.0 Å². The third-order valence-corrected chi connectivity index (χ3v) is 5.39. The number of aryl methyl sites for hydroxylation is 2. The molecule has 1 aliphatic carbocycles. The predicted octanol–water partition coefficient (Wildman–Crippen LogP) is 3.46. The van der Waals surface area contributed by atoms with Crippen LogP contribution in [0, 0.1) is 11.3 Å². The molecule has 1 N–H and O–H groups in total. The van der Waals surface area contributed by atoms with Gasteiger partial charge < -0.3 is 5.32 Å². The minimum Gasteiger partial charge on any atom is -0.307 e. The van der Waals surface area contributed by atoms with Crippen molar-refractivity contribution in [3.05, 3.63) is 43.3 Å². The molecule has 3 rings (SSSR count). The molecule has 0 unspecified atom stereocenters. The van der Waals surface area contributed by atoms with E-state index in [4.69, 9.17) is 5.26 Å². The van der Waals surface area contributed by atoms with E-state index in [1.807, 2.05) is 23.5 Å². The summed E-state index contributed by atoms with van der Waals surface area (Å²) in [4.78, 5) is 5.06. The summed E-state index contributed by atoms with van der Waals surface area (Å²) in [6, 6.07) is 8.45. The molecule has 2 aromatic rings. The molecule has 18 heavy (non-hydrogen) atoms. The SMILES string of the molecule is N#Cc1ccc(CNCc2cc3c(s2)CCC3)s1. The summed E-state index contributed by atoms with van der Waals surface area (Å²) in [6.07, 6.45) is 3.87. The molecule has 4 heteroatoms. The summed E-state index contributed by atoms with van der Waals surface area (Å²) in [6.45, 7) is 1.80. The lowest BCUT2D eigenvalue weighted by Gasteiger charge is -2.00. The van der Waals surface area contributed by atoms with Gasteiger partial charge in [-0.05, 0) is 43.0 Å². The van der Waals surface area contributed by atoms with E-state index in [-0.39, 0.29) is 0 Å². The molecule has 2 heterocycles. The van der Waals surface area contributed by atoms with Gasteiger partial charge in [0, 0.05) is 27.7 Å². The zero-order valence-corrected chi connectivity index (χ0v) is 11.7. The van der Waals surface area contributed by atoms with Crippen LogP contribution in [0.5, 0.6) is 0 Å². The fourth-order valence-corrected chi connectivity index (χ4v) is 4.32. The Balaban J connectivity index is 1.53. The fourth-order valence-electron chi connectivity index (χ4n) is 2.32. The second kappa shape index (κ2) is 5.23. The summed E-state index contributed by atoms with van der Waals surface area (Å²) in [5, 5.41) is 12.2. The Labute approximate surface area is 115 Å². The lowest BCUT2D eigenvalue weighted by atomic mass is 10.2. The molecule has 0 atom stereocenters. The summed E-state index contributed by atoms with van der Waals surface area (Å²) in [5.74, 6) is 0. The van der Waals surface area contributed by atoms with Crippen molar-refractivity contribution in [2.24, 2.45) is 0 Å². The number of nitrogens with one attached hydrogen (secondary N) is 1. The third-order valence-electron chi connectivity index (χ3n) is 3.17. The van der Waals surface area contributed by atoms with Gasteiger partial charge in [0.05, 0.1) is 0 Å². The van der Waals surface area contributed by atoms with E-state index >= 15 is 0 Å². The second-order valence-corrected chi connectivity index (χ2v) is 6.89. The van der Waals surface area contributed by atoms with E-state index in [2.05, 4.69) is 17.5 Å². The first-order chi connectivity index (χ1) is 8.85. The van der Waals surface area contributed by atoms with Crippen molar-refractivity contribution in [3.8, 4) is 6.07 Å². The molecule has 0 radical (unpaired) electrons. The number of hydrogen-bond acceptors (Lipinski definition) is 4. The zero-order valence-electron chi connectivity index (χ0n) is 10.0. The maximum absolute atomic E-state index is 8.76. The van der Waals surface area contributed by atoms with Gasteiger partial charge in [-0.15, -0.1) is 22.7 Å². The van der Waals surface area contributed by atoms with Crippen LogP contribution in [0.2, 0.25) is 0 Å². The number of nitriles is 1. The second-order valence-electron chi connectivity index (χ2n) is 4.50. The lowest BCUT2D eigenvalue weighted by Crippen LogP contribution is -2.10. The largest absolute Gasteiger partial charge is 0.307 e. The highest BCUT2D eigenvalue weighted by Crippen LogP contribution is 2.30. The minimum absolute atomic E-state index is 0.793. The highest BCUT2D eigenvalue weighted by molar-refractivity contribution is 7.12. The molecule has 0 amide bonds. The predicted molar refractivity (Wildman–Crippen MR) is 75.9 cm³/mol. The normalized spacial score (nSPS) is 13.5. The summed E-state index contributed by atoms with van der Waals surface area (Å²) < 4.78 is 0. The standard InChI is InChI=1S/C14H14N2S2/c15-7-11-4-5-12(17-11)8-16-9-13-6-10-2-1-3-14(10)18-13/h4-6,16H,1-3,8-9H2. The van der Waals surface area contributed by atoms with E-state index in [0.717, 1.165) is 18.0 Å². The van der Waals surface area contributed by atoms with Crippen molar-refractivity contribution in [1.82, 2.24) is 5.32 Å². The van der Waals surface area contributed by atoms with Crippen molar-refractivity contribution in [3.63, 3.8) is 0 Å². The van der Waals surface area contributed by atoms with Gasteiger partial charge in [0.1, 0.15) is 10.9 Å². The van der Waals surface area contributed by atoms with Crippen molar-refractivity contribution in [1.29, 1.82) is 5.26 Å². The molecular formula is C14H14N2S2. The Morgan fingerprint density at radius 1 is 1.17 bits per heavy atom. The van der Waals surface area contributed by atoms with Crippen LogP contribution in [-0.2, 0) is 25.9 Å². The Bertz CT molecular complexity index is 568. The van der Waals surface area contributed by atoms with Gasteiger partial charge >= 0.3 is 0 Å². The third kappa shape index (κ3) is 2.49. The zero-order chi connectivity index (χ0) is 12.4. The highest BCUT2D eigenvalue weighted by atomic mass is 32.1. The number of nitrogens with zero attached hydrogens (tertiary/aromatic N) is 1. The van der Waals surface area contributed by atoms with E-state index in [9.17, 15) is 0 Å². The van der Waals surface area contributed by atoms with Crippen LogP contribution in [0.1, 0.15) is 31.5 Å². The first kappa shape index (κ1) is 11.9. The number of thiophene rings is 2. The van der Waals surface area contributed by atoms with Crippen LogP contribution in [0.4, 0.5) is 0 Å². The molecule has 0 fully saturated rings. The van der Waals surface area contributed by atoms with Gasteiger partial charge in [-0.25, -0.2) is 0 Å². The van der Waals surface area contributed by atoms with Gasteiger partial charge in [0.2, 0.25) is 0 Å². The van der Waals surface area contributed by atoms with Crippen LogP contribution in [-0.4, -0.2) is 0 Å². The van der Waals surface area contributed by atoms with Gasteiger partial charge in [0.15, 0.2) is 0 Å². The summed E-state index contributed by atoms with van der Waals surface area (Å²) >= 11 is 3.53. The summed E-state index contributed by atoms with van der Waals surface area (Å²) in [7, 11) is 0. The van der Waals surface area contributed by atoms with Crippen LogP contribution >= 0.6 is 22.7 Å². The molecule has 2 nitrogen and oxygen atoms in total. The monoisotopic (exact) mass is 274 g/mol. The Morgan fingerprint density at radius 2 is 2.06 bits per heavy atom. The number of fused-ring (bicyclic) bond motifs is 1. The van der Waals surface area contributed by atoms with Crippen LogP contribution in [0.15, 0.2) is 18.2 Å². The maximum Gasteiger partial charge on any atom is 0.110 e. The van der Waals surface area contributed by atoms with Crippen molar-refractivity contribution >= 4 is 22.7 Å². The Hall–Kier alpha value is -1.15. The Kier molecular flexibility index (Phi) is 3.46. The molecule has 1 aliphatic rings. The quantitative estimate of drug-likeness (QED) is 0.926. The molecule has 0 bridgehead atoms. The molecular weight excluding hydrogens is 260 g/mol. The van der Waals surface area contributed by atoms with Gasteiger partial charge in [-0.3, -0.25) is 0 Å². The van der Waals surface area contributed by atoms with Crippen molar-refractivity contribution < 1.29 is 0 Å². The molecule has 2 aromatic heterocycles. The van der Waals surface area contributed by atoms with Crippen LogP contribution < -0.4 is 5.32 Å². The maximum atomic E-state index is 8.76. The lowest BCUT2D eigenvalue weighted by molar-refractivity contribution is 0.708. The van der Waals surface area contributed by atoms with Crippen molar-refractivity contribution in [2.75, 3.05) is 0 Å². The molecule has 0 spiro atoms. The van der Waals surface area contributed by atoms with Gasteiger partial charge in [-0.2, -0.15) is 5.26 Å². The highest BCUT2D eigenvalue weighted by Gasteiger charge is 2.14. The fraction of sp³-hybridized carbons (Fsp3) is 0.357. The minimum atomic E-state index is 0.793. The molecule has 0 saturated carbocycles. The van der Waals surface area contributed by atoms with Gasteiger partial charge in [-0.1, -0.05) is 0 Å². The number of hydrogen-bond donors (Lipinski definition) is 1. The molecule has 92 valence electrons. The topological polar surface area (TPSA) is 35.8 Å². The van der Waals surface area contributed by atoms with Crippen LogP contribution in [0.3, 0.4) is 0 Å². The average Bonchev–Trinajstić information content (AvgIpc) is 3.03. The summed E-state index contributed by atoms with van der Waals surface area (Å²) in [5.41, 5.74) is 1.57. The molecule has 0 saturated heterocycles. The average molecular weight is 274 g/mol. The first-order valence-electron chi connectivity index (χ1n) is 6.15. The molecule has 0 aromatic carbocycles. The van der Waals surface area contributed by atoms with Crippen LogP contribution in [0.25, 0.3) is 0 Å². The van der Waals surface area contributed by atoms with E-state index in [0.29, 0.717) is 0 Å². The van der Waals surface area contributed by atoms with E-state index < -0.39 is 0 Å². The van der Waals surface area contributed by atoms with Crippen molar-refractivity contribution in [2.45, 2.75) is 32.4 Å². The van der Waals surface area contributed by atoms with E-state index in [1.54, 1.807) is 21.8 Å². The smallest absolute Gasteiger partial charge is 0.110 e. The van der Waals surface area contributed by atoms with Gasteiger partial charge in [0.25, 0.3) is 0 Å². The Morgan fingerprint density at radius 3 is 2.83 bits per heavy atom.